The molecule has 0 spiro atoms. The summed E-state index contributed by atoms with van der Waals surface area (Å²) in [7, 11) is 0. The van der Waals surface area contributed by atoms with E-state index >= 15 is 0 Å². The fourth-order valence-electron chi connectivity index (χ4n) is 4.14. The molecule has 31 heavy (non-hydrogen) atoms. The Morgan fingerprint density at radius 1 is 0.774 bits per heavy atom. The maximum absolute atomic E-state index is 6.14. The fraction of sp³-hybridized carbons (Fsp3) is 0.280. The molecule has 0 radical (unpaired) electrons. The summed E-state index contributed by atoms with van der Waals surface area (Å²) in [5.41, 5.74) is 5.40. The molecule has 2 N–H and O–H groups in total. The lowest BCUT2D eigenvalue weighted by atomic mass is 9.96. The lowest BCUT2D eigenvalue weighted by molar-refractivity contribution is 0.105. The van der Waals surface area contributed by atoms with Crippen molar-refractivity contribution in [2.24, 2.45) is 0 Å². The second-order valence-electron chi connectivity index (χ2n) is 7.67. The van der Waals surface area contributed by atoms with Crippen LogP contribution < -0.4 is 0 Å². The normalized spacial score (nSPS) is 15.2. The van der Waals surface area contributed by atoms with Crippen LogP contribution in [0.5, 0.6) is 0 Å². The van der Waals surface area contributed by atoms with Crippen LogP contribution in [0.2, 0.25) is 5.02 Å². The minimum absolute atomic E-state index is 0. The second-order valence-corrected chi connectivity index (χ2v) is 8.10. The Kier molecular flexibility index (Phi) is 11.6. The molecule has 1 atom stereocenters. The highest BCUT2D eigenvalue weighted by atomic mass is 35.5. The quantitative estimate of drug-likeness (QED) is 0.477. The third-order valence-corrected chi connectivity index (χ3v) is 5.81. The summed E-state index contributed by atoms with van der Waals surface area (Å²) in [5, 5.41) is 0.790. The summed E-state index contributed by atoms with van der Waals surface area (Å²) in [6, 6.07) is 28.3. The van der Waals surface area contributed by atoms with Gasteiger partial charge in [0.15, 0.2) is 0 Å². The molecule has 6 heteroatoms. The Balaban J connectivity index is 0.00000160. The Morgan fingerprint density at radius 2 is 1.39 bits per heavy atom. The van der Waals surface area contributed by atoms with Crippen LogP contribution in [0.1, 0.15) is 28.3 Å². The zero-order valence-corrected chi connectivity index (χ0v) is 20.1. The second kappa shape index (κ2) is 13.1. The minimum atomic E-state index is 0. The van der Waals surface area contributed by atoms with Gasteiger partial charge in [-0.2, -0.15) is 0 Å². The van der Waals surface area contributed by atoms with Crippen molar-refractivity contribution in [2.45, 2.75) is 19.5 Å². The summed E-state index contributed by atoms with van der Waals surface area (Å²) >= 11 is 6.14. The SMILES string of the molecule is Cc1cccc(CN2CCN(C(c3ccccc3)c3ccc(Cl)cc3)CC2)c1.Cl.Cl.O. The topological polar surface area (TPSA) is 38.0 Å². The molecular weight excluding hydrogens is 451 g/mol. The maximum Gasteiger partial charge on any atom is 0.0602 e. The largest absolute Gasteiger partial charge is 0.412 e. The summed E-state index contributed by atoms with van der Waals surface area (Å²) in [6.07, 6.45) is 0. The van der Waals surface area contributed by atoms with Gasteiger partial charge in [-0.05, 0) is 35.7 Å². The molecule has 0 bridgehead atoms. The Morgan fingerprint density at radius 3 is 2.00 bits per heavy atom. The molecule has 1 aliphatic heterocycles. The first-order chi connectivity index (χ1) is 13.7. The van der Waals surface area contributed by atoms with Crippen molar-refractivity contribution in [3.05, 3.63) is 106 Å². The first kappa shape index (κ1) is 27.4. The summed E-state index contributed by atoms with van der Waals surface area (Å²) in [5.74, 6) is 0. The molecule has 3 aromatic carbocycles. The molecule has 0 aromatic heterocycles. The van der Waals surface area contributed by atoms with Crippen LogP contribution in [0.15, 0.2) is 78.9 Å². The van der Waals surface area contributed by atoms with Gasteiger partial charge >= 0.3 is 0 Å². The van der Waals surface area contributed by atoms with E-state index in [4.69, 9.17) is 11.6 Å². The lowest BCUT2D eigenvalue weighted by Gasteiger charge is -2.40. The van der Waals surface area contributed by atoms with Crippen LogP contribution in [-0.4, -0.2) is 41.5 Å². The van der Waals surface area contributed by atoms with Gasteiger partial charge in [-0.15, -0.1) is 24.8 Å². The van der Waals surface area contributed by atoms with Gasteiger partial charge in [0.1, 0.15) is 0 Å². The van der Waals surface area contributed by atoms with Gasteiger partial charge in [-0.3, -0.25) is 9.80 Å². The lowest BCUT2D eigenvalue weighted by Crippen LogP contribution is -2.47. The zero-order valence-electron chi connectivity index (χ0n) is 17.7. The van der Waals surface area contributed by atoms with Gasteiger partial charge in [0.25, 0.3) is 0 Å². The first-order valence-electron chi connectivity index (χ1n) is 10.0. The third-order valence-electron chi connectivity index (χ3n) is 5.56. The molecule has 3 nitrogen and oxygen atoms in total. The molecule has 0 aliphatic carbocycles. The highest BCUT2D eigenvalue weighted by Crippen LogP contribution is 2.30. The van der Waals surface area contributed by atoms with E-state index in [1.165, 1.54) is 22.3 Å². The van der Waals surface area contributed by atoms with Gasteiger partial charge in [-0.25, -0.2) is 0 Å². The van der Waals surface area contributed by atoms with Crippen molar-refractivity contribution in [1.82, 2.24) is 9.80 Å². The highest BCUT2D eigenvalue weighted by Gasteiger charge is 2.26. The van der Waals surface area contributed by atoms with Crippen molar-refractivity contribution >= 4 is 36.4 Å². The number of rotatable bonds is 5. The monoisotopic (exact) mass is 480 g/mol. The van der Waals surface area contributed by atoms with E-state index in [1.807, 2.05) is 12.1 Å². The van der Waals surface area contributed by atoms with E-state index in [-0.39, 0.29) is 36.3 Å². The van der Waals surface area contributed by atoms with Gasteiger partial charge in [0.2, 0.25) is 0 Å². The number of hydrogen-bond acceptors (Lipinski definition) is 2. The van der Waals surface area contributed by atoms with Crippen LogP contribution in [0.25, 0.3) is 0 Å². The molecule has 1 fully saturated rings. The Labute approximate surface area is 203 Å². The van der Waals surface area contributed by atoms with Crippen LogP contribution >= 0.6 is 36.4 Å². The average molecular weight is 482 g/mol. The molecule has 3 aromatic rings. The smallest absolute Gasteiger partial charge is 0.0602 e. The van der Waals surface area contributed by atoms with E-state index in [9.17, 15) is 0 Å². The molecule has 168 valence electrons. The Bertz CT molecular complexity index is 898. The number of nitrogens with zero attached hydrogens (tertiary/aromatic N) is 2. The van der Waals surface area contributed by atoms with Gasteiger partial charge in [0.05, 0.1) is 6.04 Å². The number of benzene rings is 3. The summed E-state index contributed by atoms with van der Waals surface area (Å²) in [4.78, 5) is 5.17. The van der Waals surface area contributed by atoms with Crippen molar-refractivity contribution < 1.29 is 5.48 Å². The van der Waals surface area contributed by atoms with E-state index in [0.29, 0.717) is 0 Å². The fourth-order valence-corrected chi connectivity index (χ4v) is 4.27. The predicted octanol–water partition coefficient (Wildman–Crippen LogP) is 5.57. The molecule has 0 saturated carbocycles. The number of hydrogen-bond donors (Lipinski definition) is 0. The van der Waals surface area contributed by atoms with E-state index in [0.717, 1.165) is 37.7 Å². The van der Waals surface area contributed by atoms with Crippen molar-refractivity contribution in [3.63, 3.8) is 0 Å². The number of aryl methyl sites for hydroxylation is 1. The maximum atomic E-state index is 6.14. The highest BCUT2D eigenvalue weighted by molar-refractivity contribution is 6.30. The summed E-state index contributed by atoms with van der Waals surface area (Å²) in [6.45, 7) is 7.50. The van der Waals surface area contributed by atoms with Crippen molar-refractivity contribution in [1.29, 1.82) is 0 Å². The molecule has 4 rings (SSSR count). The zero-order chi connectivity index (χ0) is 19.3. The number of piperazine rings is 1. The Hall–Kier alpha value is -1.59. The standard InChI is InChI=1S/C25H27ClN2.2ClH.H2O/c1-20-6-5-7-21(18-20)19-27-14-16-28(17-15-27)25(22-8-3-2-4-9-22)23-10-12-24(26)13-11-23;;;/h2-13,18,25H,14-17,19H2,1H3;2*1H;1H2. The minimum Gasteiger partial charge on any atom is -0.412 e. The van der Waals surface area contributed by atoms with Crippen LogP contribution in [0, 0.1) is 6.92 Å². The van der Waals surface area contributed by atoms with E-state index in [2.05, 4.69) is 83.5 Å². The van der Waals surface area contributed by atoms with Crippen molar-refractivity contribution in [3.8, 4) is 0 Å². The molecule has 0 amide bonds. The average Bonchev–Trinajstić information content (AvgIpc) is 2.72. The number of halogens is 3. The van der Waals surface area contributed by atoms with E-state index < -0.39 is 0 Å². The van der Waals surface area contributed by atoms with Gasteiger partial charge in [0, 0.05) is 37.7 Å². The van der Waals surface area contributed by atoms with Crippen LogP contribution in [0.4, 0.5) is 0 Å². The molecule has 1 heterocycles. The molecule has 1 saturated heterocycles. The van der Waals surface area contributed by atoms with E-state index in [1.54, 1.807) is 0 Å². The van der Waals surface area contributed by atoms with Gasteiger partial charge < -0.3 is 5.48 Å². The van der Waals surface area contributed by atoms with Gasteiger partial charge in [-0.1, -0.05) is 83.9 Å². The van der Waals surface area contributed by atoms with Crippen LogP contribution in [-0.2, 0) is 6.54 Å². The summed E-state index contributed by atoms with van der Waals surface area (Å²) < 4.78 is 0. The molecular formula is C25H31Cl3N2O. The van der Waals surface area contributed by atoms with Crippen LogP contribution in [0.3, 0.4) is 0 Å². The molecule has 1 unspecified atom stereocenters. The third kappa shape index (κ3) is 7.21. The molecule has 1 aliphatic rings. The predicted molar refractivity (Wildman–Crippen MR) is 136 cm³/mol. The first-order valence-corrected chi connectivity index (χ1v) is 10.4. The van der Waals surface area contributed by atoms with Crippen molar-refractivity contribution in [2.75, 3.05) is 26.2 Å².